The molecule has 2 heterocycles. The number of ether oxygens (including phenoxy) is 1. The number of fused-ring (bicyclic) bond motifs is 1. The van der Waals surface area contributed by atoms with E-state index in [0.29, 0.717) is 37.3 Å². The van der Waals surface area contributed by atoms with Gasteiger partial charge in [0.25, 0.3) is 5.56 Å². The zero-order valence-electron chi connectivity index (χ0n) is 12.1. The lowest BCUT2D eigenvalue weighted by Crippen LogP contribution is -2.40. The SMILES string of the molecule is O=C(O)c1nc2ccccc2n(CCN2CCOCC2)c1=O. The molecule has 1 aromatic heterocycles. The number of benzene rings is 1. The van der Waals surface area contributed by atoms with Gasteiger partial charge in [-0.25, -0.2) is 9.78 Å². The average Bonchev–Trinajstić information content (AvgIpc) is 2.54. The van der Waals surface area contributed by atoms with Gasteiger partial charge in [-0.15, -0.1) is 0 Å². The second-order valence-corrected chi connectivity index (χ2v) is 5.17. The van der Waals surface area contributed by atoms with Crippen molar-refractivity contribution >= 4 is 17.0 Å². The minimum absolute atomic E-state index is 0.430. The van der Waals surface area contributed by atoms with E-state index < -0.39 is 17.2 Å². The van der Waals surface area contributed by atoms with Gasteiger partial charge in [0.15, 0.2) is 0 Å². The average molecular weight is 303 g/mol. The van der Waals surface area contributed by atoms with Crippen molar-refractivity contribution in [2.45, 2.75) is 6.54 Å². The van der Waals surface area contributed by atoms with Crippen molar-refractivity contribution in [1.82, 2.24) is 14.5 Å². The highest BCUT2D eigenvalue weighted by Gasteiger charge is 2.17. The number of morpholine rings is 1. The van der Waals surface area contributed by atoms with Gasteiger partial charge in [-0.3, -0.25) is 9.69 Å². The maximum absolute atomic E-state index is 12.4. The fourth-order valence-electron chi connectivity index (χ4n) is 2.62. The molecule has 3 rings (SSSR count). The molecule has 1 aliphatic heterocycles. The summed E-state index contributed by atoms with van der Waals surface area (Å²) in [5.41, 5.74) is 0.187. The number of aromatic nitrogens is 2. The van der Waals surface area contributed by atoms with E-state index in [1.165, 1.54) is 4.57 Å². The van der Waals surface area contributed by atoms with Crippen LogP contribution in [0.3, 0.4) is 0 Å². The highest BCUT2D eigenvalue weighted by atomic mass is 16.5. The van der Waals surface area contributed by atoms with Crippen LogP contribution in [0.25, 0.3) is 11.0 Å². The summed E-state index contributed by atoms with van der Waals surface area (Å²) in [6.07, 6.45) is 0. The maximum atomic E-state index is 12.4. The minimum Gasteiger partial charge on any atom is -0.476 e. The Kier molecular flexibility index (Phi) is 4.17. The summed E-state index contributed by atoms with van der Waals surface area (Å²) in [4.78, 5) is 29.8. The van der Waals surface area contributed by atoms with E-state index in [1.807, 2.05) is 6.07 Å². The molecule has 0 atom stereocenters. The molecule has 1 fully saturated rings. The summed E-state index contributed by atoms with van der Waals surface area (Å²) in [6.45, 7) is 4.13. The number of carboxylic acid groups (broad SMARTS) is 1. The molecule has 0 spiro atoms. The largest absolute Gasteiger partial charge is 0.476 e. The first-order valence-electron chi connectivity index (χ1n) is 7.20. The number of aromatic carboxylic acids is 1. The molecule has 0 aliphatic carbocycles. The van der Waals surface area contributed by atoms with Gasteiger partial charge in [-0.2, -0.15) is 0 Å². The molecule has 1 saturated heterocycles. The summed E-state index contributed by atoms with van der Waals surface area (Å²) in [7, 11) is 0. The molecule has 22 heavy (non-hydrogen) atoms. The van der Waals surface area contributed by atoms with Crippen molar-refractivity contribution < 1.29 is 14.6 Å². The van der Waals surface area contributed by atoms with Crippen LogP contribution in [0.5, 0.6) is 0 Å². The van der Waals surface area contributed by atoms with Gasteiger partial charge < -0.3 is 14.4 Å². The van der Waals surface area contributed by atoms with Crippen LogP contribution in [-0.4, -0.2) is 58.4 Å². The quantitative estimate of drug-likeness (QED) is 0.881. The summed E-state index contributed by atoms with van der Waals surface area (Å²) in [5, 5.41) is 9.16. The van der Waals surface area contributed by atoms with Crippen LogP contribution >= 0.6 is 0 Å². The second-order valence-electron chi connectivity index (χ2n) is 5.17. The number of para-hydroxylation sites is 2. The molecule has 0 radical (unpaired) electrons. The fourth-order valence-corrected chi connectivity index (χ4v) is 2.62. The maximum Gasteiger partial charge on any atom is 0.360 e. The molecule has 0 amide bonds. The first kappa shape index (κ1) is 14.7. The number of rotatable bonds is 4. The van der Waals surface area contributed by atoms with Gasteiger partial charge in [0.1, 0.15) is 0 Å². The van der Waals surface area contributed by atoms with E-state index >= 15 is 0 Å². The lowest BCUT2D eigenvalue weighted by Gasteiger charge is -2.26. The lowest BCUT2D eigenvalue weighted by atomic mass is 10.2. The van der Waals surface area contributed by atoms with Crippen molar-refractivity contribution in [3.63, 3.8) is 0 Å². The van der Waals surface area contributed by atoms with Crippen molar-refractivity contribution in [2.75, 3.05) is 32.8 Å². The Morgan fingerprint density at radius 2 is 1.95 bits per heavy atom. The topological polar surface area (TPSA) is 84.7 Å². The zero-order valence-corrected chi connectivity index (χ0v) is 12.1. The van der Waals surface area contributed by atoms with Crippen molar-refractivity contribution in [2.24, 2.45) is 0 Å². The van der Waals surface area contributed by atoms with Crippen LogP contribution in [0.2, 0.25) is 0 Å². The van der Waals surface area contributed by atoms with Gasteiger partial charge in [-0.1, -0.05) is 12.1 Å². The summed E-state index contributed by atoms with van der Waals surface area (Å²) in [6, 6.07) is 7.09. The van der Waals surface area contributed by atoms with Gasteiger partial charge in [-0.05, 0) is 12.1 Å². The molecule has 0 saturated carbocycles. The Bertz CT molecular complexity index is 750. The van der Waals surface area contributed by atoms with Crippen LogP contribution < -0.4 is 5.56 Å². The third-order valence-corrected chi connectivity index (χ3v) is 3.80. The number of hydrogen-bond acceptors (Lipinski definition) is 5. The number of carbonyl (C=O) groups is 1. The molecule has 7 nitrogen and oxygen atoms in total. The lowest BCUT2D eigenvalue weighted by molar-refractivity contribution is 0.0364. The molecular weight excluding hydrogens is 286 g/mol. The van der Waals surface area contributed by atoms with E-state index in [-0.39, 0.29) is 0 Å². The Morgan fingerprint density at radius 1 is 1.23 bits per heavy atom. The summed E-state index contributed by atoms with van der Waals surface area (Å²) in [5.74, 6) is -1.30. The number of hydrogen-bond donors (Lipinski definition) is 1. The smallest absolute Gasteiger partial charge is 0.360 e. The minimum atomic E-state index is -1.30. The van der Waals surface area contributed by atoms with E-state index in [9.17, 15) is 9.59 Å². The van der Waals surface area contributed by atoms with Crippen LogP contribution in [-0.2, 0) is 11.3 Å². The molecule has 0 bridgehead atoms. The van der Waals surface area contributed by atoms with E-state index in [1.54, 1.807) is 18.2 Å². The Hall–Kier alpha value is -2.25. The van der Waals surface area contributed by atoms with Crippen LogP contribution in [0.1, 0.15) is 10.5 Å². The van der Waals surface area contributed by atoms with Crippen LogP contribution in [0.4, 0.5) is 0 Å². The standard InChI is InChI=1S/C15H17N3O4/c19-14-13(15(20)21)16-11-3-1-2-4-12(11)18(14)6-5-17-7-9-22-10-8-17/h1-4H,5-10H2,(H,20,21). The Balaban J connectivity index is 1.97. The molecule has 0 unspecified atom stereocenters. The highest BCUT2D eigenvalue weighted by molar-refractivity contribution is 5.88. The van der Waals surface area contributed by atoms with Crippen molar-refractivity contribution in [3.8, 4) is 0 Å². The number of carboxylic acids is 1. The van der Waals surface area contributed by atoms with Crippen LogP contribution in [0.15, 0.2) is 29.1 Å². The van der Waals surface area contributed by atoms with Gasteiger partial charge in [0, 0.05) is 26.2 Å². The molecule has 1 aliphatic rings. The zero-order chi connectivity index (χ0) is 15.5. The first-order valence-corrected chi connectivity index (χ1v) is 7.20. The molecule has 7 heteroatoms. The molecule has 2 aromatic rings. The fraction of sp³-hybridized carbons (Fsp3) is 0.400. The predicted octanol–water partition coefficient (Wildman–Crippen LogP) is 0.427. The van der Waals surface area contributed by atoms with E-state index in [2.05, 4.69) is 9.88 Å². The second kappa shape index (κ2) is 6.25. The van der Waals surface area contributed by atoms with Crippen LogP contribution in [0, 0.1) is 0 Å². The monoisotopic (exact) mass is 303 g/mol. The van der Waals surface area contributed by atoms with E-state index in [0.717, 1.165) is 13.1 Å². The molecule has 1 N–H and O–H groups in total. The third kappa shape index (κ3) is 2.86. The van der Waals surface area contributed by atoms with Gasteiger partial charge in [0.2, 0.25) is 5.69 Å². The Labute approximate surface area is 126 Å². The van der Waals surface area contributed by atoms with Crippen molar-refractivity contribution in [3.05, 3.63) is 40.3 Å². The van der Waals surface area contributed by atoms with Crippen molar-refractivity contribution in [1.29, 1.82) is 0 Å². The Morgan fingerprint density at radius 3 is 2.68 bits per heavy atom. The van der Waals surface area contributed by atoms with Gasteiger partial charge >= 0.3 is 5.97 Å². The molecular formula is C15H17N3O4. The molecule has 1 aromatic carbocycles. The normalized spacial score (nSPS) is 16.0. The summed E-state index contributed by atoms with van der Waals surface area (Å²) >= 11 is 0. The van der Waals surface area contributed by atoms with Gasteiger partial charge in [0.05, 0.1) is 24.2 Å². The highest BCUT2D eigenvalue weighted by Crippen LogP contribution is 2.10. The third-order valence-electron chi connectivity index (χ3n) is 3.80. The predicted molar refractivity (Wildman–Crippen MR) is 80.2 cm³/mol. The first-order chi connectivity index (χ1) is 10.7. The number of nitrogens with zero attached hydrogens (tertiary/aromatic N) is 3. The molecule has 116 valence electrons. The van der Waals surface area contributed by atoms with E-state index in [4.69, 9.17) is 9.84 Å². The summed E-state index contributed by atoms with van der Waals surface area (Å²) < 4.78 is 6.80.